The lowest BCUT2D eigenvalue weighted by atomic mass is 10.1. The number of fused-ring (bicyclic) bond motifs is 1. The minimum Gasteiger partial charge on any atom is -0.300 e. The van der Waals surface area contributed by atoms with Gasteiger partial charge >= 0.3 is 0 Å². The Morgan fingerprint density at radius 1 is 1.62 bits per heavy atom. The van der Waals surface area contributed by atoms with Crippen LogP contribution in [0.2, 0.25) is 0 Å². The molecule has 0 saturated heterocycles. The Labute approximate surface area is 77.7 Å². The molecule has 3 heteroatoms. The van der Waals surface area contributed by atoms with Gasteiger partial charge in [-0.05, 0) is 32.3 Å². The Balaban J connectivity index is 2.20. The molecule has 3 nitrogen and oxygen atoms in total. The van der Waals surface area contributed by atoms with E-state index in [-0.39, 0.29) is 5.78 Å². The van der Waals surface area contributed by atoms with Crippen LogP contribution in [-0.2, 0) is 24.2 Å². The van der Waals surface area contributed by atoms with Crippen molar-refractivity contribution in [2.24, 2.45) is 0 Å². The molecular weight excluding hydrogens is 164 g/mol. The molecule has 0 spiro atoms. The summed E-state index contributed by atoms with van der Waals surface area (Å²) in [6, 6.07) is 2.07. The fourth-order valence-electron chi connectivity index (χ4n) is 1.82. The zero-order valence-corrected chi connectivity index (χ0v) is 7.92. The van der Waals surface area contributed by atoms with Gasteiger partial charge in [-0.25, -0.2) is 0 Å². The smallest absolute Gasteiger partial charge is 0.135 e. The van der Waals surface area contributed by atoms with Crippen LogP contribution in [0.25, 0.3) is 0 Å². The number of nitrogens with zero attached hydrogens (tertiary/aromatic N) is 2. The summed E-state index contributed by atoms with van der Waals surface area (Å²) in [6.45, 7) is 2.63. The van der Waals surface area contributed by atoms with Gasteiger partial charge in [0.15, 0.2) is 0 Å². The van der Waals surface area contributed by atoms with E-state index in [2.05, 4.69) is 11.2 Å². The summed E-state index contributed by atoms with van der Waals surface area (Å²) in [7, 11) is 0. The molecule has 1 aliphatic heterocycles. The van der Waals surface area contributed by atoms with Crippen LogP contribution < -0.4 is 0 Å². The van der Waals surface area contributed by atoms with E-state index in [1.165, 1.54) is 18.5 Å². The highest BCUT2D eigenvalue weighted by molar-refractivity contribution is 5.77. The average molecular weight is 178 g/mol. The zero-order chi connectivity index (χ0) is 9.26. The normalized spacial score (nSPS) is 15.5. The Kier molecular flexibility index (Phi) is 2.17. The summed E-state index contributed by atoms with van der Waals surface area (Å²) < 4.78 is 2.04. The molecule has 0 amide bonds. The minimum absolute atomic E-state index is 0.190. The van der Waals surface area contributed by atoms with E-state index in [1.807, 2.05) is 4.68 Å². The maximum absolute atomic E-state index is 10.9. The summed E-state index contributed by atoms with van der Waals surface area (Å²) in [4.78, 5) is 10.9. The molecule has 70 valence electrons. The van der Waals surface area contributed by atoms with Crippen molar-refractivity contribution in [2.45, 2.75) is 39.2 Å². The number of carbonyl (C=O) groups excluding carboxylic acids is 1. The Morgan fingerprint density at radius 3 is 3.15 bits per heavy atom. The number of rotatable bonds is 2. The molecule has 0 unspecified atom stereocenters. The van der Waals surface area contributed by atoms with Crippen LogP contribution in [0.15, 0.2) is 6.07 Å². The predicted molar refractivity (Wildman–Crippen MR) is 49.6 cm³/mol. The van der Waals surface area contributed by atoms with Gasteiger partial charge in [0.25, 0.3) is 0 Å². The number of carbonyl (C=O) groups is 1. The molecule has 13 heavy (non-hydrogen) atoms. The number of aryl methyl sites for hydroxylation is 2. The van der Waals surface area contributed by atoms with Crippen LogP contribution in [-0.4, -0.2) is 15.6 Å². The van der Waals surface area contributed by atoms with Gasteiger partial charge in [-0.2, -0.15) is 5.10 Å². The van der Waals surface area contributed by atoms with Crippen LogP contribution in [0.3, 0.4) is 0 Å². The third-order valence-electron chi connectivity index (χ3n) is 2.40. The molecule has 1 aromatic heterocycles. The van der Waals surface area contributed by atoms with Crippen LogP contribution in [0.4, 0.5) is 0 Å². The standard InChI is InChI=1S/C10H14N2O/c1-8(13)6-9-7-10-4-2-3-5-12(10)11-9/h7H,2-6H2,1H3. The SMILES string of the molecule is CC(=O)Cc1cc2n(n1)CCCC2. The highest BCUT2D eigenvalue weighted by Gasteiger charge is 2.12. The Morgan fingerprint density at radius 2 is 2.46 bits per heavy atom. The van der Waals surface area contributed by atoms with Crippen molar-refractivity contribution >= 4 is 5.78 Å². The van der Waals surface area contributed by atoms with E-state index in [1.54, 1.807) is 6.92 Å². The fraction of sp³-hybridized carbons (Fsp3) is 0.600. The molecule has 0 saturated carbocycles. The van der Waals surface area contributed by atoms with E-state index in [4.69, 9.17) is 0 Å². The first-order valence-corrected chi connectivity index (χ1v) is 4.81. The topological polar surface area (TPSA) is 34.9 Å². The summed E-state index contributed by atoms with van der Waals surface area (Å²) in [5.41, 5.74) is 2.23. The van der Waals surface area contributed by atoms with E-state index >= 15 is 0 Å². The second-order valence-corrected chi connectivity index (χ2v) is 3.69. The quantitative estimate of drug-likeness (QED) is 0.685. The molecule has 1 aliphatic rings. The molecule has 0 atom stereocenters. The second kappa shape index (κ2) is 3.32. The van der Waals surface area contributed by atoms with E-state index in [9.17, 15) is 4.79 Å². The first-order chi connectivity index (χ1) is 6.25. The number of hydrogen-bond donors (Lipinski definition) is 0. The van der Waals surface area contributed by atoms with Crippen molar-refractivity contribution in [3.63, 3.8) is 0 Å². The third kappa shape index (κ3) is 1.79. The van der Waals surface area contributed by atoms with Gasteiger partial charge < -0.3 is 0 Å². The van der Waals surface area contributed by atoms with Gasteiger partial charge in [-0.15, -0.1) is 0 Å². The van der Waals surface area contributed by atoms with Crippen molar-refractivity contribution < 1.29 is 4.79 Å². The summed E-state index contributed by atoms with van der Waals surface area (Å²) in [5, 5.41) is 4.39. The van der Waals surface area contributed by atoms with Gasteiger partial charge in [0.1, 0.15) is 5.78 Å². The van der Waals surface area contributed by atoms with Crippen molar-refractivity contribution in [1.29, 1.82) is 0 Å². The fourth-order valence-corrected chi connectivity index (χ4v) is 1.82. The minimum atomic E-state index is 0.190. The molecule has 0 fully saturated rings. The molecule has 0 aromatic carbocycles. The predicted octanol–water partition coefficient (Wildman–Crippen LogP) is 1.35. The number of ketones is 1. The summed E-state index contributed by atoms with van der Waals surface area (Å²) in [6.07, 6.45) is 4.07. The van der Waals surface area contributed by atoms with Crippen LogP contribution in [0.1, 0.15) is 31.2 Å². The lowest BCUT2D eigenvalue weighted by Crippen LogP contribution is -2.10. The van der Waals surface area contributed by atoms with Crippen LogP contribution >= 0.6 is 0 Å². The summed E-state index contributed by atoms with van der Waals surface area (Å²) >= 11 is 0. The molecule has 0 N–H and O–H groups in total. The maximum Gasteiger partial charge on any atom is 0.135 e. The second-order valence-electron chi connectivity index (χ2n) is 3.69. The largest absolute Gasteiger partial charge is 0.300 e. The molecule has 0 radical (unpaired) electrons. The highest BCUT2D eigenvalue weighted by Crippen LogP contribution is 2.15. The van der Waals surface area contributed by atoms with Gasteiger partial charge in [0, 0.05) is 12.2 Å². The lowest BCUT2D eigenvalue weighted by Gasteiger charge is -2.11. The molecule has 2 heterocycles. The van der Waals surface area contributed by atoms with E-state index in [0.29, 0.717) is 6.42 Å². The van der Waals surface area contributed by atoms with Crippen molar-refractivity contribution in [1.82, 2.24) is 9.78 Å². The van der Waals surface area contributed by atoms with Crippen molar-refractivity contribution in [2.75, 3.05) is 0 Å². The maximum atomic E-state index is 10.9. The summed E-state index contributed by atoms with van der Waals surface area (Å²) in [5.74, 6) is 0.190. The number of hydrogen-bond acceptors (Lipinski definition) is 2. The van der Waals surface area contributed by atoms with Crippen molar-refractivity contribution in [3.8, 4) is 0 Å². The molecular formula is C10H14N2O. The zero-order valence-electron chi connectivity index (χ0n) is 7.92. The average Bonchev–Trinajstić information content (AvgIpc) is 2.44. The lowest BCUT2D eigenvalue weighted by molar-refractivity contribution is -0.116. The van der Waals surface area contributed by atoms with E-state index < -0.39 is 0 Å². The monoisotopic (exact) mass is 178 g/mol. The molecule has 1 aromatic rings. The van der Waals surface area contributed by atoms with Gasteiger partial charge in [-0.1, -0.05) is 0 Å². The van der Waals surface area contributed by atoms with Gasteiger partial charge in [0.05, 0.1) is 12.1 Å². The first-order valence-electron chi connectivity index (χ1n) is 4.81. The van der Waals surface area contributed by atoms with Gasteiger partial charge in [0.2, 0.25) is 0 Å². The molecule has 0 aliphatic carbocycles. The Bertz CT molecular complexity index is 304. The van der Waals surface area contributed by atoms with Crippen LogP contribution in [0, 0.1) is 0 Å². The molecule has 2 rings (SSSR count). The number of aromatic nitrogens is 2. The van der Waals surface area contributed by atoms with Crippen molar-refractivity contribution in [3.05, 3.63) is 17.5 Å². The van der Waals surface area contributed by atoms with Crippen LogP contribution in [0.5, 0.6) is 0 Å². The highest BCUT2D eigenvalue weighted by atomic mass is 16.1. The first kappa shape index (κ1) is 8.48. The number of Topliss-reactive ketones (excluding diaryl/α,β-unsaturated/α-hetero) is 1. The Hall–Kier alpha value is -1.12. The van der Waals surface area contributed by atoms with Gasteiger partial charge in [-0.3, -0.25) is 9.48 Å². The third-order valence-corrected chi connectivity index (χ3v) is 2.40. The van der Waals surface area contributed by atoms with E-state index in [0.717, 1.165) is 18.7 Å². The molecule has 0 bridgehead atoms.